The fraction of sp³-hybridized carbons (Fsp3) is 0.700. The molecular weight excluding hydrogens is 208 g/mol. The number of aliphatic hydroxyl groups is 1. The summed E-state index contributed by atoms with van der Waals surface area (Å²) in [6.07, 6.45) is 0. The lowest BCUT2D eigenvalue weighted by Crippen LogP contribution is -2.48. The predicted octanol–water partition coefficient (Wildman–Crippen LogP) is -0.314. The van der Waals surface area contributed by atoms with E-state index in [2.05, 4.69) is 15.2 Å². The molecule has 1 atom stereocenters. The van der Waals surface area contributed by atoms with Crippen LogP contribution in [-0.4, -0.2) is 52.7 Å². The van der Waals surface area contributed by atoms with E-state index in [0.717, 1.165) is 11.4 Å². The maximum atomic E-state index is 9.25. The van der Waals surface area contributed by atoms with Crippen molar-refractivity contribution >= 4 is 5.95 Å². The Kier molecular flexibility index (Phi) is 3.31. The van der Waals surface area contributed by atoms with E-state index >= 15 is 0 Å². The summed E-state index contributed by atoms with van der Waals surface area (Å²) >= 11 is 0. The number of aryl methyl sites for hydroxylation is 2. The normalized spacial score (nSPS) is 21.2. The van der Waals surface area contributed by atoms with Crippen molar-refractivity contribution in [3.8, 4) is 0 Å². The summed E-state index contributed by atoms with van der Waals surface area (Å²) in [5.74, 6) is 0.574. The molecular formula is C10H16N4O2. The summed E-state index contributed by atoms with van der Waals surface area (Å²) in [4.78, 5) is 6.33. The smallest absolute Gasteiger partial charge is 0.246 e. The van der Waals surface area contributed by atoms with Gasteiger partial charge in [0.15, 0.2) is 0 Å². The molecule has 0 bridgehead atoms. The van der Waals surface area contributed by atoms with Crippen molar-refractivity contribution in [3.63, 3.8) is 0 Å². The Morgan fingerprint density at radius 1 is 1.38 bits per heavy atom. The Morgan fingerprint density at radius 3 is 2.88 bits per heavy atom. The molecule has 1 saturated heterocycles. The highest BCUT2D eigenvalue weighted by atomic mass is 16.5. The molecule has 1 aliphatic rings. The standard InChI is InChI=1S/C10H16N4O2/c1-7-8(2)12-13-10(11-7)14-3-4-16-6-9(14)5-15/h9,15H,3-6H2,1-2H3. The maximum absolute atomic E-state index is 9.25. The molecule has 88 valence electrons. The van der Waals surface area contributed by atoms with Crippen LogP contribution in [0.1, 0.15) is 11.4 Å². The zero-order valence-corrected chi connectivity index (χ0v) is 9.55. The van der Waals surface area contributed by atoms with Crippen LogP contribution in [0.4, 0.5) is 5.95 Å². The second-order valence-corrected chi connectivity index (χ2v) is 3.89. The molecule has 1 fully saturated rings. The SMILES string of the molecule is Cc1nnc(N2CCOCC2CO)nc1C. The first-order valence-electron chi connectivity index (χ1n) is 5.35. The van der Waals surface area contributed by atoms with Crippen LogP contribution in [0.3, 0.4) is 0 Å². The van der Waals surface area contributed by atoms with Gasteiger partial charge in [0.25, 0.3) is 0 Å². The summed E-state index contributed by atoms with van der Waals surface area (Å²) in [5, 5.41) is 17.4. The number of aliphatic hydroxyl groups excluding tert-OH is 1. The topological polar surface area (TPSA) is 71.4 Å². The third kappa shape index (κ3) is 2.12. The van der Waals surface area contributed by atoms with Gasteiger partial charge in [0, 0.05) is 6.54 Å². The minimum atomic E-state index is -0.0716. The average molecular weight is 224 g/mol. The molecule has 0 spiro atoms. The lowest BCUT2D eigenvalue weighted by molar-refractivity contribution is 0.0717. The zero-order chi connectivity index (χ0) is 11.5. The van der Waals surface area contributed by atoms with Crippen molar-refractivity contribution in [3.05, 3.63) is 11.4 Å². The number of morpholine rings is 1. The predicted molar refractivity (Wildman–Crippen MR) is 58.3 cm³/mol. The van der Waals surface area contributed by atoms with E-state index in [1.807, 2.05) is 18.7 Å². The number of anilines is 1. The highest BCUT2D eigenvalue weighted by molar-refractivity contribution is 5.32. The highest BCUT2D eigenvalue weighted by Gasteiger charge is 2.25. The minimum absolute atomic E-state index is 0.0380. The molecule has 1 aromatic heterocycles. The van der Waals surface area contributed by atoms with E-state index in [1.165, 1.54) is 0 Å². The van der Waals surface area contributed by atoms with Crippen molar-refractivity contribution in [1.29, 1.82) is 0 Å². The molecule has 1 unspecified atom stereocenters. The molecule has 16 heavy (non-hydrogen) atoms. The molecule has 2 heterocycles. The molecule has 0 aliphatic carbocycles. The number of aromatic nitrogens is 3. The van der Waals surface area contributed by atoms with E-state index < -0.39 is 0 Å². The second-order valence-electron chi connectivity index (χ2n) is 3.89. The van der Waals surface area contributed by atoms with Crippen LogP contribution in [0, 0.1) is 13.8 Å². The van der Waals surface area contributed by atoms with Gasteiger partial charge in [-0.3, -0.25) is 0 Å². The number of rotatable bonds is 2. The molecule has 0 aromatic carbocycles. The van der Waals surface area contributed by atoms with Crippen LogP contribution in [0.2, 0.25) is 0 Å². The van der Waals surface area contributed by atoms with Crippen LogP contribution in [-0.2, 0) is 4.74 Å². The second kappa shape index (κ2) is 4.71. The van der Waals surface area contributed by atoms with Gasteiger partial charge in [0.1, 0.15) is 0 Å². The number of hydrogen-bond acceptors (Lipinski definition) is 6. The summed E-state index contributed by atoms with van der Waals surface area (Å²) in [6, 6.07) is -0.0716. The molecule has 1 aliphatic heterocycles. The van der Waals surface area contributed by atoms with Crippen LogP contribution >= 0.6 is 0 Å². The fourth-order valence-corrected chi connectivity index (χ4v) is 1.64. The lowest BCUT2D eigenvalue weighted by Gasteiger charge is -2.34. The maximum Gasteiger partial charge on any atom is 0.246 e. The van der Waals surface area contributed by atoms with E-state index in [9.17, 15) is 5.11 Å². The van der Waals surface area contributed by atoms with Crippen LogP contribution in [0.25, 0.3) is 0 Å². The molecule has 0 amide bonds. The van der Waals surface area contributed by atoms with Gasteiger partial charge in [0.05, 0.1) is 37.3 Å². The number of hydrogen-bond donors (Lipinski definition) is 1. The van der Waals surface area contributed by atoms with Gasteiger partial charge in [-0.05, 0) is 13.8 Å². The molecule has 0 radical (unpaired) electrons. The lowest BCUT2D eigenvalue weighted by atomic mass is 10.2. The third-order valence-corrected chi connectivity index (χ3v) is 2.78. The average Bonchev–Trinajstić information content (AvgIpc) is 2.32. The van der Waals surface area contributed by atoms with Crippen LogP contribution in [0.5, 0.6) is 0 Å². The molecule has 0 saturated carbocycles. The Bertz CT molecular complexity index is 372. The summed E-state index contributed by atoms with van der Waals surface area (Å²) < 4.78 is 5.30. The Balaban J connectivity index is 2.23. The number of nitrogens with zero attached hydrogens (tertiary/aromatic N) is 4. The first-order valence-corrected chi connectivity index (χ1v) is 5.35. The van der Waals surface area contributed by atoms with Crippen molar-refractivity contribution in [2.24, 2.45) is 0 Å². The summed E-state index contributed by atoms with van der Waals surface area (Å²) in [7, 11) is 0. The van der Waals surface area contributed by atoms with Gasteiger partial charge in [-0.2, -0.15) is 5.10 Å². The Morgan fingerprint density at radius 2 is 2.19 bits per heavy atom. The molecule has 6 nitrogen and oxygen atoms in total. The van der Waals surface area contributed by atoms with E-state index in [-0.39, 0.29) is 12.6 Å². The van der Waals surface area contributed by atoms with Crippen molar-refractivity contribution < 1.29 is 9.84 Å². The van der Waals surface area contributed by atoms with Crippen molar-refractivity contribution in [2.75, 3.05) is 31.3 Å². The largest absolute Gasteiger partial charge is 0.394 e. The molecule has 2 rings (SSSR count). The first-order chi connectivity index (χ1) is 7.72. The molecule has 1 aromatic rings. The van der Waals surface area contributed by atoms with Gasteiger partial charge in [-0.1, -0.05) is 0 Å². The van der Waals surface area contributed by atoms with E-state index in [4.69, 9.17) is 4.74 Å². The van der Waals surface area contributed by atoms with Gasteiger partial charge < -0.3 is 14.7 Å². The fourth-order valence-electron chi connectivity index (χ4n) is 1.64. The minimum Gasteiger partial charge on any atom is -0.394 e. The quantitative estimate of drug-likeness (QED) is 0.742. The van der Waals surface area contributed by atoms with Gasteiger partial charge in [-0.25, -0.2) is 4.98 Å². The molecule has 1 N–H and O–H groups in total. The van der Waals surface area contributed by atoms with E-state index in [1.54, 1.807) is 0 Å². The third-order valence-electron chi connectivity index (χ3n) is 2.78. The highest BCUT2D eigenvalue weighted by Crippen LogP contribution is 2.14. The Hall–Kier alpha value is -1.27. The molecule has 6 heteroatoms. The van der Waals surface area contributed by atoms with Gasteiger partial charge >= 0.3 is 0 Å². The zero-order valence-electron chi connectivity index (χ0n) is 9.55. The summed E-state index contributed by atoms with van der Waals surface area (Å²) in [5.41, 5.74) is 1.70. The van der Waals surface area contributed by atoms with Gasteiger partial charge in [0.2, 0.25) is 5.95 Å². The Labute approximate surface area is 94.3 Å². The first kappa shape index (κ1) is 11.2. The van der Waals surface area contributed by atoms with Gasteiger partial charge in [-0.15, -0.1) is 5.10 Å². The van der Waals surface area contributed by atoms with Crippen molar-refractivity contribution in [1.82, 2.24) is 15.2 Å². The monoisotopic (exact) mass is 224 g/mol. The summed E-state index contributed by atoms with van der Waals surface area (Å²) in [6.45, 7) is 5.65. The van der Waals surface area contributed by atoms with Crippen molar-refractivity contribution in [2.45, 2.75) is 19.9 Å². The van der Waals surface area contributed by atoms with Crippen LogP contribution < -0.4 is 4.90 Å². The van der Waals surface area contributed by atoms with Crippen LogP contribution in [0.15, 0.2) is 0 Å². The number of ether oxygens (including phenoxy) is 1. The van der Waals surface area contributed by atoms with E-state index in [0.29, 0.717) is 25.7 Å².